The minimum atomic E-state index is 0.888. The summed E-state index contributed by atoms with van der Waals surface area (Å²) in [6.07, 6.45) is 4.06. The van der Waals surface area contributed by atoms with E-state index in [1.54, 1.807) is 0 Å². The van der Waals surface area contributed by atoms with Crippen molar-refractivity contribution >= 4 is 0 Å². The van der Waals surface area contributed by atoms with Crippen molar-refractivity contribution in [2.75, 3.05) is 33.2 Å². The van der Waals surface area contributed by atoms with E-state index < -0.39 is 0 Å². The normalized spacial score (nSPS) is 17.6. The lowest BCUT2D eigenvalue weighted by Gasteiger charge is -2.33. The summed E-state index contributed by atoms with van der Waals surface area (Å²) in [6.45, 7) is 12.4. The van der Waals surface area contributed by atoms with Crippen molar-refractivity contribution in [3.8, 4) is 0 Å². The van der Waals surface area contributed by atoms with E-state index in [9.17, 15) is 0 Å². The van der Waals surface area contributed by atoms with Gasteiger partial charge < -0.3 is 15.5 Å². The smallest absolute Gasteiger partial charge is 0.0987 e. The quantitative estimate of drug-likeness (QED) is 0.730. The minimum Gasteiger partial charge on any atom is -0.385 e. The molecule has 1 rings (SSSR count). The Hall–Kier alpha value is -0.960. The van der Waals surface area contributed by atoms with Gasteiger partial charge in [-0.25, -0.2) is 0 Å². The van der Waals surface area contributed by atoms with E-state index in [4.69, 9.17) is 5.73 Å². The summed E-state index contributed by atoms with van der Waals surface area (Å²) >= 11 is 0. The number of nitrogens with two attached hydrogens (primary N) is 1. The molecule has 0 radical (unpaired) electrons. The Balaban J connectivity index is 0.00000106. The molecule has 1 saturated heterocycles. The Bertz CT molecular complexity index is 232. The monoisotopic (exact) mass is 225 g/mol. The van der Waals surface area contributed by atoms with E-state index in [2.05, 4.69) is 36.8 Å². The second-order valence-corrected chi connectivity index (χ2v) is 4.13. The van der Waals surface area contributed by atoms with Crippen molar-refractivity contribution in [1.29, 1.82) is 0 Å². The van der Waals surface area contributed by atoms with E-state index in [1.165, 1.54) is 5.57 Å². The number of rotatable bonds is 2. The average molecular weight is 225 g/mol. The summed E-state index contributed by atoms with van der Waals surface area (Å²) < 4.78 is 0. The summed E-state index contributed by atoms with van der Waals surface area (Å²) in [5, 5.41) is 0. The topological polar surface area (TPSA) is 32.5 Å². The highest BCUT2D eigenvalue weighted by molar-refractivity contribution is 5.13. The first kappa shape index (κ1) is 15.0. The Morgan fingerprint density at radius 3 is 1.94 bits per heavy atom. The van der Waals surface area contributed by atoms with E-state index in [-0.39, 0.29) is 0 Å². The highest BCUT2D eigenvalue weighted by Crippen LogP contribution is 2.04. The average Bonchev–Trinajstić information content (AvgIpc) is 2.29. The van der Waals surface area contributed by atoms with Crippen LogP contribution >= 0.6 is 0 Å². The zero-order chi connectivity index (χ0) is 12.6. The van der Waals surface area contributed by atoms with Gasteiger partial charge in [-0.3, -0.25) is 0 Å². The molecule has 0 unspecified atom stereocenters. The number of allylic oxidation sites excluding steroid dienone is 3. The van der Waals surface area contributed by atoms with Gasteiger partial charge in [0.1, 0.15) is 0 Å². The number of piperazine rings is 1. The summed E-state index contributed by atoms with van der Waals surface area (Å²) in [4.78, 5) is 4.56. The maximum atomic E-state index is 5.97. The molecular weight excluding hydrogens is 198 g/mol. The maximum absolute atomic E-state index is 5.97. The van der Waals surface area contributed by atoms with E-state index in [0.717, 1.165) is 32.0 Å². The minimum absolute atomic E-state index is 0.888. The van der Waals surface area contributed by atoms with Crippen molar-refractivity contribution in [2.45, 2.75) is 27.7 Å². The fourth-order valence-electron chi connectivity index (χ4n) is 1.42. The van der Waals surface area contributed by atoms with Gasteiger partial charge in [0.2, 0.25) is 0 Å². The van der Waals surface area contributed by atoms with Crippen molar-refractivity contribution in [3.05, 3.63) is 23.5 Å². The summed E-state index contributed by atoms with van der Waals surface area (Å²) in [7, 11) is 2.15. The van der Waals surface area contributed by atoms with Gasteiger partial charge in [-0.2, -0.15) is 0 Å². The third kappa shape index (κ3) is 5.81. The molecular formula is C13H27N3. The van der Waals surface area contributed by atoms with Gasteiger partial charge in [0.15, 0.2) is 0 Å². The van der Waals surface area contributed by atoms with Crippen molar-refractivity contribution in [3.63, 3.8) is 0 Å². The van der Waals surface area contributed by atoms with Gasteiger partial charge in [0.05, 0.1) is 5.82 Å². The van der Waals surface area contributed by atoms with Crippen LogP contribution in [0.2, 0.25) is 0 Å². The lowest BCUT2D eigenvalue weighted by molar-refractivity contribution is 0.185. The third-order valence-electron chi connectivity index (χ3n) is 2.46. The van der Waals surface area contributed by atoms with E-state index in [0.29, 0.717) is 0 Å². The molecule has 94 valence electrons. The second kappa shape index (κ2) is 8.22. The predicted molar refractivity (Wildman–Crippen MR) is 72.1 cm³/mol. The van der Waals surface area contributed by atoms with Crippen molar-refractivity contribution in [1.82, 2.24) is 9.80 Å². The first-order valence-electron chi connectivity index (χ1n) is 6.14. The highest BCUT2D eigenvalue weighted by Gasteiger charge is 2.13. The molecule has 1 heterocycles. The first-order valence-corrected chi connectivity index (χ1v) is 6.14. The van der Waals surface area contributed by atoms with Crippen LogP contribution in [0, 0.1) is 0 Å². The molecule has 0 aromatic carbocycles. The Kier molecular flexibility index (Phi) is 7.73. The molecule has 0 bridgehead atoms. The Morgan fingerprint density at radius 2 is 1.50 bits per heavy atom. The van der Waals surface area contributed by atoms with Crippen LogP contribution in [0.15, 0.2) is 23.5 Å². The molecule has 0 saturated carbocycles. The van der Waals surface area contributed by atoms with Gasteiger partial charge in [0, 0.05) is 26.2 Å². The standard InChI is InChI=1S/C11H21N3.C2H6/c1-10(2)4-5-11(12)14-8-6-13(3)7-9-14;1-2/h4-5H,6-9,12H2,1-3H3;1-2H3/b11-5+;. The van der Waals surface area contributed by atoms with Crippen LogP contribution in [0.3, 0.4) is 0 Å². The Labute approximate surface area is 101 Å². The van der Waals surface area contributed by atoms with Gasteiger partial charge in [-0.15, -0.1) is 0 Å². The molecule has 16 heavy (non-hydrogen) atoms. The molecule has 0 atom stereocenters. The van der Waals surface area contributed by atoms with E-state index in [1.807, 2.05) is 19.9 Å². The first-order chi connectivity index (χ1) is 7.59. The van der Waals surface area contributed by atoms with Crippen LogP contribution in [-0.4, -0.2) is 43.0 Å². The van der Waals surface area contributed by atoms with Crippen LogP contribution in [-0.2, 0) is 0 Å². The second-order valence-electron chi connectivity index (χ2n) is 4.13. The third-order valence-corrected chi connectivity index (χ3v) is 2.46. The van der Waals surface area contributed by atoms with Crippen LogP contribution in [0.1, 0.15) is 27.7 Å². The van der Waals surface area contributed by atoms with Crippen LogP contribution in [0.4, 0.5) is 0 Å². The van der Waals surface area contributed by atoms with Crippen LogP contribution in [0.25, 0.3) is 0 Å². The fourth-order valence-corrected chi connectivity index (χ4v) is 1.42. The molecule has 1 fully saturated rings. The highest BCUT2D eigenvalue weighted by atomic mass is 15.3. The lowest BCUT2D eigenvalue weighted by atomic mass is 10.3. The summed E-state index contributed by atoms with van der Waals surface area (Å²) in [5.41, 5.74) is 7.25. The fraction of sp³-hybridized carbons (Fsp3) is 0.692. The lowest BCUT2D eigenvalue weighted by Crippen LogP contribution is -2.45. The molecule has 0 aromatic heterocycles. The summed E-state index contributed by atoms with van der Waals surface area (Å²) in [5.74, 6) is 0.888. The molecule has 0 aromatic rings. The van der Waals surface area contributed by atoms with E-state index >= 15 is 0 Å². The summed E-state index contributed by atoms with van der Waals surface area (Å²) in [6, 6.07) is 0. The van der Waals surface area contributed by atoms with Crippen molar-refractivity contribution < 1.29 is 0 Å². The number of likely N-dealkylation sites (N-methyl/N-ethyl adjacent to an activating group) is 1. The van der Waals surface area contributed by atoms with Crippen LogP contribution < -0.4 is 5.73 Å². The molecule has 3 heteroatoms. The van der Waals surface area contributed by atoms with Gasteiger partial charge in [-0.1, -0.05) is 25.5 Å². The number of nitrogens with zero attached hydrogens (tertiary/aromatic N) is 2. The zero-order valence-corrected chi connectivity index (χ0v) is 11.5. The van der Waals surface area contributed by atoms with Crippen LogP contribution in [0.5, 0.6) is 0 Å². The zero-order valence-electron chi connectivity index (χ0n) is 11.5. The van der Waals surface area contributed by atoms with Gasteiger partial charge in [-0.05, 0) is 27.0 Å². The maximum Gasteiger partial charge on any atom is 0.0987 e. The Morgan fingerprint density at radius 1 is 1.00 bits per heavy atom. The van der Waals surface area contributed by atoms with Crippen molar-refractivity contribution in [2.24, 2.45) is 5.73 Å². The number of hydrogen-bond donors (Lipinski definition) is 1. The molecule has 2 N–H and O–H groups in total. The molecule has 1 aliphatic heterocycles. The molecule has 0 aliphatic carbocycles. The predicted octanol–water partition coefficient (Wildman–Crippen LogP) is 2.03. The molecule has 3 nitrogen and oxygen atoms in total. The largest absolute Gasteiger partial charge is 0.385 e. The molecule has 0 spiro atoms. The molecule has 1 aliphatic rings. The van der Waals surface area contributed by atoms with Gasteiger partial charge >= 0.3 is 0 Å². The van der Waals surface area contributed by atoms with Gasteiger partial charge in [0.25, 0.3) is 0 Å². The SMILES string of the molecule is CC.CC(C)=C/C=C(\N)N1CCN(C)CC1. The molecule has 0 amide bonds. The number of hydrogen-bond acceptors (Lipinski definition) is 3.